The number of aryl methyl sites for hydroxylation is 1. The van der Waals surface area contributed by atoms with Gasteiger partial charge in [0.15, 0.2) is 6.29 Å². The highest BCUT2D eigenvalue weighted by Gasteiger charge is 2.04. The van der Waals surface area contributed by atoms with Gasteiger partial charge in [0.05, 0.1) is 17.4 Å². The summed E-state index contributed by atoms with van der Waals surface area (Å²) in [6, 6.07) is 4.43. The molecule has 0 aliphatic rings. The molecule has 0 unspecified atom stereocenters. The first-order chi connectivity index (χ1) is 7.20. The molecule has 3 nitrogen and oxygen atoms in total. The fourth-order valence-electron chi connectivity index (χ4n) is 1.41. The summed E-state index contributed by atoms with van der Waals surface area (Å²) in [4.78, 5) is 10.5. The number of halogens is 1. The number of carbonyl (C=O) groups is 1. The molecule has 0 bridgehead atoms. The van der Waals surface area contributed by atoms with Crippen LogP contribution in [0.1, 0.15) is 15.9 Å². The SMILES string of the molecule is Cc1cc(F)ccc1-n1cc(C=O)cn1. The van der Waals surface area contributed by atoms with Crippen molar-refractivity contribution in [3.8, 4) is 5.69 Å². The van der Waals surface area contributed by atoms with E-state index in [2.05, 4.69) is 5.10 Å². The monoisotopic (exact) mass is 204 g/mol. The average molecular weight is 204 g/mol. The van der Waals surface area contributed by atoms with Crippen LogP contribution in [0.15, 0.2) is 30.6 Å². The van der Waals surface area contributed by atoms with E-state index in [1.807, 2.05) is 0 Å². The predicted octanol–water partition coefficient (Wildman–Crippen LogP) is 2.13. The van der Waals surface area contributed by atoms with Crippen LogP contribution in [0.2, 0.25) is 0 Å². The van der Waals surface area contributed by atoms with Gasteiger partial charge < -0.3 is 0 Å². The largest absolute Gasteiger partial charge is 0.298 e. The number of aldehydes is 1. The lowest BCUT2D eigenvalue weighted by atomic mass is 10.2. The van der Waals surface area contributed by atoms with Gasteiger partial charge in [-0.1, -0.05) is 0 Å². The van der Waals surface area contributed by atoms with Gasteiger partial charge in [-0.05, 0) is 30.7 Å². The Morgan fingerprint density at radius 2 is 2.27 bits per heavy atom. The number of benzene rings is 1. The Kier molecular flexibility index (Phi) is 2.33. The van der Waals surface area contributed by atoms with E-state index >= 15 is 0 Å². The minimum absolute atomic E-state index is 0.279. The first-order valence-corrected chi connectivity index (χ1v) is 4.47. The Bertz CT molecular complexity index is 505. The molecule has 0 amide bonds. The third kappa shape index (κ3) is 1.79. The van der Waals surface area contributed by atoms with Crippen molar-refractivity contribution in [2.75, 3.05) is 0 Å². The molecule has 0 saturated carbocycles. The van der Waals surface area contributed by atoms with Crippen molar-refractivity contribution in [1.29, 1.82) is 0 Å². The number of carbonyl (C=O) groups excluding carboxylic acids is 1. The number of nitrogens with zero attached hydrogens (tertiary/aromatic N) is 2. The van der Waals surface area contributed by atoms with Gasteiger partial charge in [0.25, 0.3) is 0 Å². The molecule has 2 aromatic rings. The number of aromatic nitrogens is 2. The van der Waals surface area contributed by atoms with E-state index in [1.165, 1.54) is 18.3 Å². The lowest BCUT2D eigenvalue weighted by molar-refractivity contribution is 0.112. The van der Waals surface area contributed by atoms with E-state index in [4.69, 9.17) is 0 Å². The van der Waals surface area contributed by atoms with Crippen LogP contribution in [-0.4, -0.2) is 16.1 Å². The zero-order valence-electron chi connectivity index (χ0n) is 8.14. The number of rotatable bonds is 2. The Labute approximate surface area is 86.2 Å². The summed E-state index contributed by atoms with van der Waals surface area (Å²) in [5, 5.41) is 4.01. The van der Waals surface area contributed by atoms with Gasteiger partial charge >= 0.3 is 0 Å². The van der Waals surface area contributed by atoms with Crippen LogP contribution in [0.3, 0.4) is 0 Å². The van der Waals surface area contributed by atoms with Crippen LogP contribution in [0.5, 0.6) is 0 Å². The second-order valence-corrected chi connectivity index (χ2v) is 3.27. The van der Waals surface area contributed by atoms with Crippen molar-refractivity contribution in [2.24, 2.45) is 0 Å². The molecule has 0 atom stereocenters. The van der Waals surface area contributed by atoms with Gasteiger partial charge in [-0.3, -0.25) is 4.79 Å². The van der Waals surface area contributed by atoms with Gasteiger partial charge in [0.1, 0.15) is 5.82 Å². The van der Waals surface area contributed by atoms with Crippen LogP contribution in [0.4, 0.5) is 4.39 Å². The van der Waals surface area contributed by atoms with Gasteiger partial charge in [0, 0.05) is 6.20 Å². The van der Waals surface area contributed by atoms with Crippen LogP contribution in [-0.2, 0) is 0 Å². The Morgan fingerprint density at radius 3 is 2.87 bits per heavy atom. The van der Waals surface area contributed by atoms with Crippen LogP contribution < -0.4 is 0 Å². The van der Waals surface area contributed by atoms with Crippen molar-refractivity contribution in [3.05, 3.63) is 47.5 Å². The lowest BCUT2D eigenvalue weighted by Crippen LogP contribution is -1.97. The van der Waals surface area contributed by atoms with Gasteiger partial charge in [-0.2, -0.15) is 5.10 Å². The smallest absolute Gasteiger partial charge is 0.153 e. The first kappa shape index (κ1) is 9.58. The third-order valence-corrected chi connectivity index (χ3v) is 2.14. The van der Waals surface area contributed by atoms with Crippen LogP contribution in [0, 0.1) is 12.7 Å². The molecule has 1 aromatic heterocycles. The molecule has 76 valence electrons. The fourth-order valence-corrected chi connectivity index (χ4v) is 1.41. The summed E-state index contributed by atoms with van der Waals surface area (Å²) in [6.07, 6.45) is 3.80. The first-order valence-electron chi connectivity index (χ1n) is 4.47. The van der Waals surface area contributed by atoms with E-state index in [-0.39, 0.29) is 5.82 Å². The molecule has 0 aliphatic carbocycles. The Balaban J connectivity index is 2.49. The minimum Gasteiger partial charge on any atom is -0.298 e. The number of hydrogen-bond acceptors (Lipinski definition) is 2. The second kappa shape index (κ2) is 3.65. The van der Waals surface area contributed by atoms with E-state index < -0.39 is 0 Å². The summed E-state index contributed by atoms with van der Waals surface area (Å²) in [5.41, 5.74) is 2.04. The van der Waals surface area contributed by atoms with Crippen LogP contribution >= 0.6 is 0 Å². The minimum atomic E-state index is -0.279. The summed E-state index contributed by atoms with van der Waals surface area (Å²) >= 11 is 0. The van der Waals surface area contributed by atoms with Crippen LogP contribution in [0.25, 0.3) is 5.69 Å². The van der Waals surface area contributed by atoms with Crippen molar-refractivity contribution in [1.82, 2.24) is 9.78 Å². The van der Waals surface area contributed by atoms with Crippen molar-refractivity contribution in [3.63, 3.8) is 0 Å². The highest BCUT2D eigenvalue weighted by molar-refractivity contribution is 5.73. The molecular weight excluding hydrogens is 195 g/mol. The normalized spacial score (nSPS) is 10.3. The average Bonchev–Trinajstić information content (AvgIpc) is 2.66. The molecule has 0 aliphatic heterocycles. The lowest BCUT2D eigenvalue weighted by Gasteiger charge is -2.04. The molecule has 2 rings (SSSR count). The Morgan fingerprint density at radius 1 is 1.47 bits per heavy atom. The molecule has 0 N–H and O–H groups in total. The summed E-state index contributed by atoms with van der Waals surface area (Å²) < 4.78 is 14.4. The maximum atomic E-state index is 12.8. The molecule has 1 aromatic carbocycles. The molecule has 4 heteroatoms. The molecule has 0 spiro atoms. The van der Waals surface area contributed by atoms with E-state index in [1.54, 1.807) is 23.9 Å². The van der Waals surface area contributed by atoms with Crippen molar-refractivity contribution < 1.29 is 9.18 Å². The molecular formula is C11H9FN2O. The van der Waals surface area contributed by atoms with Gasteiger partial charge in [-0.25, -0.2) is 9.07 Å². The zero-order chi connectivity index (χ0) is 10.8. The Hall–Kier alpha value is -1.97. The third-order valence-electron chi connectivity index (χ3n) is 2.14. The summed E-state index contributed by atoms with van der Waals surface area (Å²) in [7, 11) is 0. The zero-order valence-corrected chi connectivity index (χ0v) is 8.14. The van der Waals surface area contributed by atoms with E-state index in [0.717, 1.165) is 17.5 Å². The molecule has 1 heterocycles. The van der Waals surface area contributed by atoms with Crippen molar-refractivity contribution >= 4 is 6.29 Å². The number of hydrogen-bond donors (Lipinski definition) is 0. The van der Waals surface area contributed by atoms with Crippen molar-refractivity contribution in [2.45, 2.75) is 6.92 Å². The predicted molar refractivity (Wildman–Crippen MR) is 53.6 cm³/mol. The fraction of sp³-hybridized carbons (Fsp3) is 0.0909. The standard InChI is InChI=1S/C11H9FN2O/c1-8-4-10(12)2-3-11(8)14-6-9(7-15)5-13-14/h2-7H,1H3. The maximum absolute atomic E-state index is 12.8. The quantitative estimate of drug-likeness (QED) is 0.702. The second-order valence-electron chi connectivity index (χ2n) is 3.27. The van der Waals surface area contributed by atoms with Gasteiger partial charge in [-0.15, -0.1) is 0 Å². The highest BCUT2D eigenvalue weighted by atomic mass is 19.1. The molecule has 0 saturated heterocycles. The van der Waals surface area contributed by atoms with E-state index in [9.17, 15) is 9.18 Å². The molecule has 0 radical (unpaired) electrons. The maximum Gasteiger partial charge on any atom is 0.153 e. The van der Waals surface area contributed by atoms with E-state index in [0.29, 0.717) is 5.56 Å². The topological polar surface area (TPSA) is 34.9 Å². The summed E-state index contributed by atoms with van der Waals surface area (Å²) in [5.74, 6) is -0.279. The van der Waals surface area contributed by atoms with Gasteiger partial charge in [0.2, 0.25) is 0 Å². The highest BCUT2D eigenvalue weighted by Crippen LogP contribution is 2.14. The summed E-state index contributed by atoms with van der Waals surface area (Å²) in [6.45, 7) is 1.79. The molecule has 0 fully saturated rings. The molecule has 15 heavy (non-hydrogen) atoms.